The van der Waals surface area contributed by atoms with Crippen LogP contribution in [0.1, 0.15) is 19.7 Å². The van der Waals surface area contributed by atoms with E-state index in [1.54, 1.807) is 0 Å². The van der Waals surface area contributed by atoms with Gasteiger partial charge in [0.1, 0.15) is 5.82 Å². The van der Waals surface area contributed by atoms with Gasteiger partial charge in [-0.25, -0.2) is 4.98 Å². The number of nitrogens with two attached hydrogens (primary N) is 1. The van der Waals surface area contributed by atoms with Gasteiger partial charge >= 0.3 is 0 Å². The topological polar surface area (TPSA) is 78.2 Å². The molecule has 0 atom stereocenters. The van der Waals surface area contributed by atoms with Gasteiger partial charge in [0.25, 0.3) is 0 Å². The third kappa shape index (κ3) is 3.72. The molecule has 2 rings (SSSR count). The maximum atomic E-state index is 12.1. The predicted octanol–water partition coefficient (Wildman–Crippen LogP) is 1.45. The summed E-state index contributed by atoms with van der Waals surface area (Å²) in [4.78, 5) is 23.6. The van der Waals surface area contributed by atoms with Crippen LogP contribution >= 0.6 is 0 Å². The van der Waals surface area contributed by atoms with E-state index in [4.69, 9.17) is 5.73 Å². The lowest BCUT2D eigenvalue weighted by Gasteiger charge is -2.22. The van der Waals surface area contributed by atoms with Crippen LogP contribution in [0.25, 0.3) is 11.0 Å². The highest BCUT2D eigenvalue weighted by Gasteiger charge is 2.13. The quantitative estimate of drug-likeness (QED) is 0.789. The SMILES string of the molecule is CCN(CC)C(=O)CN(C)Cc1nc2ccc(N)cc2[nH]1. The van der Waals surface area contributed by atoms with Crippen LogP contribution in [0.5, 0.6) is 0 Å². The Bertz CT molecular complexity index is 618. The Morgan fingerprint density at radius 2 is 2.05 bits per heavy atom. The van der Waals surface area contributed by atoms with Crippen LogP contribution < -0.4 is 5.73 Å². The number of rotatable bonds is 6. The smallest absolute Gasteiger partial charge is 0.236 e. The minimum atomic E-state index is 0.142. The molecule has 114 valence electrons. The molecule has 1 amide bonds. The summed E-state index contributed by atoms with van der Waals surface area (Å²) < 4.78 is 0. The van der Waals surface area contributed by atoms with Gasteiger partial charge in [-0.1, -0.05) is 0 Å². The van der Waals surface area contributed by atoms with Crippen LogP contribution in [0.3, 0.4) is 0 Å². The molecule has 0 unspecified atom stereocenters. The Kier molecular flexibility index (Phi) is 4.80. The monoisotopic (exact) mass is 289 g/mol. The normalized spacial score (nSPS) is 11.2. The number of nitrogen functional groups attached to an aromatic ring is 1. The lowest BCUT2D eigenvalue weighted by Crippen LogP contribution is -2.38. The molecule has 0 bridgehead atoms. The molecule has 0 aliphatic rings. The van der Waals surface area contributed by atoms with Gasteiger partial charge in [-0.05, 0) is 39.1 Å². The van der Waals surface area contributed by atoms with Crippen molar-refractivity contribution in [3.63, 3.8) is 0 Å². The first-order valence-electron chi connectivity index (χ1n) is 7.24. The number of amides is 1. The molecule has 21 heavy (non-hydrogen) atoms. The number of hydrogen-bond donors (Lipinski definition) is 2. The van der Waals surface area contributed by atoms with Gasteiger partial charge in [-0.3, -0.25) is 9.69 Å². The zero-order valence-corrected chi connectivity index (χ0v) is 12.9. The van der Waals surface area contributed by atoms with Crippen molar-refractivity contribution in [2.75, 3.05) is 32.4 Å². The lowest BCUT2D eigenvalue weighted by molar-refractivity contribution is -0.131. The van der Waals surface area contributed by atoms with Crippen LogP contribution in [0.2, 0.25) is 0 Å². The first kappa shape index (κ1) is 15.3. The summed E-state index contributed by atoms with van der Waals surface area (Å²) in [6, 6.07) is 5.60. The molecule has 2 aromatic rings. The van der Waals surface area contributed by atoms with Crippen LogP contribution in [0.15, 0.2) is 18.2 Å². The van der Waals surface area contributed by atoms with Crippen LogP contribution in [0.4, 0.5) is 5.69 Å². The van der Waals surface area contributed by atoms with E-state index in [2.05, 4.69) is 9.97 Å². The second-order valence-corrected chi connectivity index (χ2v) is 5.20. The standard InChI is InChI=1S/C15H23N5O/c1-4-20(5-2)15(21)10-19(3)9-14-17-12-7-6-11(16)8-13(12)18-14/h6-8H,4-5,9-10,16H2,1-3H3,(H,17,18). The summed E-state index contributed by atoms with van der Waals surface area (Å²) in [6.45, 7) is 6.46. The highest BCUT2D eigenvalue weighted by atomic mass is 16.2. The van der Waals surface area contributed by atoms with Crippen molar-refractivity contribution in [2.45, 2.75) is 20.4 Å². The zero-order valence-electron chi connectivity index (χ0n) is 12.9. The third-order valence-corrected chi connectivity index (χ3v) is 3.50. The number of carbonyl (C=O) groups is 1. The number of fused-ring (bicyclic) bond motifs is 1. The minimum absolute atomic E-state index is 0.142. The molecule has 3 N–H and O–H groups in total. The Balaban J connectivity index is 2.00. The first-order valence-corrected chi connectivity index (χ1v) is 7.24. The van der Waals surface area contributed by atoms with E-state index in [-0.39, 0.29) is 5.91 Å². The number of benzene rings is 1. The second kappa shape index (κ2) is 6.58. The second-order valence-electron chi connectivity index (χ2n) is 5.20. The van der Waals surface area contributed by atoms with E-state index < -0.39 is 0 Å². The van der Waals surface area contributed by atoms with Crippen LogP contribution in [0, 0.1) is 0 Å². The molecular formula is C15H23N5O. The molecule has 0 aliphatic heterocycles. The average molecular weight is 289 g/mol. The van der Waals surface area contributed by atoms with Gasteiger partial charge in [0.15, 0.2) is 0 Å². The number of aromatic amines is 1. The highest BCUT2D eigenvalue weighted by molar-refractivity contribution is 5.79. The van der Waals surface area contributed by atoms with Gasteiger partial charge in [0.05, 0.1) is 24.1 Å². The Labute approximate surface area is 124 Å². The van der Waals surface area contributed by atoms with Crippen molar-refractivity contribution >= 4 is 22.6 Å². The molecule has 6 heteroatoms. The maximum absolute atomic E-state index is 12.1. The summed E-state index contributed by atoms with van der Waals surface area (Å²) in [5.74, 6) is 0.980. The van der Waals surface area contributed by atoms with Crippen molar-refractivity contribution in [3.05, 3.63) is 24.0 Å². The number of anilines is 1. The van der Waals surface area contributed by atoms with Gasteiger partial charge in [0.2, 0.25) is 5.91 Å². The summed E-state index contributed by atoms with van der Waals surface area (Å²) >= 11 is 0. The maximum Gasteiger partial charge on any atom is 0.236 e. The molecule has 1 aromatic heterocycles. The Morgan fingerprint density at radius 3 is 2.71 bits per heavy atom. The lowest BCUT2D eigenvalue weighted by atomic mass is 10.3. The van der Waals surface area contributed by atoms with Crippen LogP contribution in [-0.4, -0.2) is 52.4 Å². The van der Waals surface area contributed by atoms with Crippen molar-refractivity contribution in [2.24, 2.45) is 0 Å². The van der Waals surface area contributed by atoms with E-state index in [1.165, 1.54) is 0 Å². The highest BCUT2D eigenvalue weighted by Crippen LogP contribution is 2.15. The van der Waals surface area contributed by atoms with Gasteiger partial charge in [-0.15, -0.1) is 0 Å². The number of aromatic nitrogens is 2. The molecule has 1 heterocycles. The zero-order chi connectivity index (χ0) is 15.4. The van der Waals surface area contributed by atoms with E-state index in [0.717, 1.165) is 29.9 Å². The van der Waals surface area contributed by atoms with Gasteiger partial charge < -0.3 is 15.6 Å². The fourth-order valence-corrected chi connectivity index (χ4v) is 2.37. The van der Waals surface area contributed by atoms with E-state index in [0.29, 0.717) is 18.8 Å². The van der Waals surface area contributed by atoms with E-state index in [9.17, 15) is 4.79 Å². The Morgan fingerprint density at radius 1 is 1.33 bits per heavy atom. The summed E-state index contributed by atoms with van der Waals surface area (Å²) in [5, 5.41) is 0. The molecule has 0 radical (unpaired) electrons. The number of nitrogens with one attached hydrogen (secondary N) is 1. The summed E-state index contributed by atoms with van der Waals surface area (Å²) in [5.41, 5.74) is 8.28. The number of nitrogens with zero attached hydrogens (tertiary/aromatic N) is 3. The molecule has 0 fully saturated rings. The number of carbonyl (C=O) groups excluding carboxylic acids is 1. The number of H-pyrrole nitrogens is 1. The molecule has 1 aromatic carbocycles. The minimum Gasteiger partial charge on any atom is -0.399 e. The summed E-state index contributed by atoms with van der Waals surface area (Å²) in [6.07, 6.45) is 0. The predicted molar refractivity (Wildman–Crippen MR) is 84.8 cm³/mol. The number of hydrogen-bond acceptors (Lipinski definition) is 4. The van der Waals surface area contributed by atoms with Gasteiger partial charge in [0, 0.05) is 18.8 Å². The molecule has 0 saturated heterocycles. The fraction of sp³-hybridized carbons (Fsp3) is 0.467. The van der Waals surface area contributed by atoms with Crippen molar-refractivity contribution in [3.8, 4) is 0 Å². The fourth-order valence-electron chi connectivity index (χ4n) is 2.37. The van der Waals surface area contributed by atoms with Gasteiger partial charge in [-0.2, -0.15) is 0 Å². The third-order valence-electron chi connectivity index (χ3n) is 3.50. The number of likely N-dealkylation sites (N-methyl/N-ethyl adjacent to an activating group) is 2. The van der Waals surface area contributed by atoms with E-state index >= 15 is 0 Å². The summed E-state index contributed by atoms with van der Waals surface area (Å²) in [7, 11) is 1.92. The molecule has 0 spiro atoms. The van der Waals surface area contributed by atoms with Crippen molar-refractivity contribution < 1.29 is 4.79 Å². The average Bonchev–Trinajstić information content (AvgIpc) is 2.80. The molecule has 0 aliphatic carbocycles. The van der Waals surface area contributed by atoms with E-state index in [1.807, 2.05) is 48.9 Å². The Hall–Kier alpha value is -2.08. The molecule has 0 saturated carbocycles. The van der Waals surface area contributed by atoms with Crippen molar-refractivity contribution in [1.29, 1.82) is 0 Å². The van der Waals surface area contributed by atoms with Crippen molar-refractivity contribution in [1.82, 2.24) is 19.8 Å². The first-order chi connectivity index (χ1) is 10.0. The molecular weight excluding hydrogens is 266 g/mol. The number of imidazole rings is 1. The molecule has 6 nitrogen and oxygen atoms in total. The van der Waals surface area contributed by atoms with Crippen LogP contribution in [-0.2, 0) is 11.3 Å². The largest absolute Gasteiger partial charge is 0.399 e.